The number of carbonyl (C=O) groups excluding carboxylic acids is 1. The van der Waals surface area contributed by atoms with Gasteiger partial charge in [-0.2, -0.15) is 5.10 Å². The van der Waals surface area contributed by atoms with Crippen molar-refractivity contribution in [3.05, 3.63) is 35.8 Å². The number of ether oxygens (including phenoxy) is 1. The first-order valence-electron chi connectivity index (χ1n) is 5.06. The first-order valence-corrected chi connectivity index (χ1v) is 5.06. The highest BCUT2D eigenvalue weighted by Crippen LogP contribution is 2.21. The van der Waals surface area contributed by atoms with Gasteiger partial charge in [0.15, 0.2) is 11.6 Å². The Morgan fingerprint density at radius 3 is 2.89 bits per heavy atom. The number of amides is 1. The summed E-state index contributed by atoms with van der Waals surface area (Å²) < 4.78 is 18.0. The van der Waals surface area contributed by atoms with Crippen LogP contribution in [0.1, 0.15) is 10.5 Å². The topological polar surface area (TPSA) is 93.0 Å². The monoisotopic (exact) mass is 250 g/mol. The zero-order chi connectivity index (χ0) is 13.1. The smallest absolute Gasteiger partial charge is 0.273 e. The number of benzene rings is 1. The first kappa shape index (κ1) is 11.9. The van der Waals surface area contributed by atoms with E-state index < -0.39 is 11.7 Å². The number of aromatic amines is 1. The molecule has 18 heavy (non-hydrogen) atoms. The lowest BCUT2D eigenvalue weighted by atomic mass is 10.2. The van der Waals surface area contributed by atoms with Crippen molar-refractivity contribution >= 4 is 17.4 Å². The van der Waals surface area contributed by atoms with Gasteiger partial charge in [0.2, 0.25) is 0 Å². The fraction of sp³-hybridized carbons (Fsp3) is 0.0909. The summed E-state index contributed by atoms with van der Waals surface area (Å²) in [6.07, 6.45) is 0. The molecule has 1 aromatic heterocycles. The van der Waals surface area contributed by atoms with Gasteiger partial charge in [-0.1, -0.05) is 0 Å². The number of hydrogen-bond donors (Lipinski definition) is 3. The Kier molecular flexibility index (Phi) is 3.13. The number of nitrogens with two attached hydrogens (primary N) is 1. The van der Waals surface area contributed by atoms with Crippen molar-refractivity contribution in [2.24, 2.45) is 0 Å². The Morgan fingerprint density at radius 2 is 2.28 bits per heavy atom. The zero-order valence-electron chi connectivity index (χ0n) is 9.53. The third-order valence-corrected chi connectivity index (χ3v) is 2.25. The highest BCUT2D eigenvalue weighted by Gasteiger charge is 2.10. The summed E-state index contributed by atoms with van der Waals surface area (Å²) in [6, 6.07) is 5.41. The minimum Gasteiger partial charge on any atom is -0.494 e. The number of carbonyl (C=O) groups is 1. The van der Waals surface area contributed by atoms with Crippen molar-refractivity contribution in [2.75, 3.05) is 18.2 Å². The number of nitrogen functional groups attached to an aromatic ring is 1. The van der Waals surface area contributed by atoms with Crippen molar-refractivity contribution in [2.45, 2.75) is 0 Å². The standard InChI is InChI=1S/C11H11FN4O2/c1-18-9-4-6(2-3-7(9)12)14-11(17)8-5-10(13)16-15-8/h2-5H,1H3,(H,14,17)(H3,13,15,16). The van der Waals surface area contributed by atoms with E-state index in [4.69, 9.17) is 10.5 Å². The minimum atomic E-state index is -0.499. The van der Waals surface area contributed by atoms with E-state index in [2.05, 4.69) is 15.5 Å². The molecule has 4 N–H and O–H groups in total. The van der Waals surface area contributed by atoms with E-state index in [1.165, 1.54) is 31.4 Å². The van der Waals surface area contributed by atoms with Gasteiger partial charge in [0.05, 0.1) is 7.11 Å². The van der Waals surface area contributed by atoms with E-state index >= 15 is 0 Å². The third-order valence-electron chi connectivity index (χ3n) is 2.25. The van der Waals surface area contributed by atoms with Gasteiger partial charge >= 0.3 is 0 Å². The third kappa shape index (κ3) is 2.40. The molecule has 0 bridgehead atoms. The molecule has 0 saturated carbocycles. The summed E-state index contributed by atoms with van der Waals surface area (Å²) in [7, 11) is 1.35. The number of nitrogens with zero attached hydrogens (tertiary/aromatic N) is 1. The van der Waals surface area contributed by atoms with Gasteiger partial charge < -0.3 is 15.8 Å². The van der Waals surface area contributed by atoms with Crippen LogP contribution in [-0.4, -0.2) is 23.2 Å². The van der Waals surface area contributed by atoms with Gasteiger partial charge in [-0.15, -0.1) is 0 Å². The maximum atomic E-state index is 13.2. The van der Waals surface area contributed by atoms with Crippen LogP contribution in [0.15, 0.2) is 24.3 Å². The molecule has 0 aliphatic carbocycles. The van der Waals surface area contributed by atoms with Gasteiger partial charge in [-0.25, -0.2) is 4.39 Å². The van der Waals surface area contributed by atoms with Crippen LogP contribution in [0.25, 0.3) is 0 Å². The Hall–Kier alpha value is -2.57. The highest BCUT2D eigenvalue weighted by molar-refractivity contribution is 6.03. The molecule has 1 aromatic carbocycles. The second-order valence-electron chi connectivity index (χ2n) is 3.51. The largest absolute Gasteiger partial charge is 0.494 e. The zero-order valence-corrected chi connectivity index (χ0v) is 9.53. The summed E-state index contributed by atoms with van der Waals surface area (Å²) in [4.78, 5) is 11.7. The number of anilines is 2. The van der Waals surface area contributed by atoms with Crippen molar-refractivity contribution < 1.29 is 13.9 Å². The van der Waals surface area contributed by atoms with Crippen LogP contribution in [0.4, 0.5) is 15.9 Å². The first-order chi connectivity index (χ1) is 8.60. The lowest BCUT2D eigenvalue weighted by molar-refractivity contribution is 0.102. The molecule has 0 saturated heterocycles. The number of nitrogens with one attached hydrogen (secondary N) is 2. The van der Waals surface area contributed by atoms with Gasteiger partial charge in [-0.05, 0) is 12.1 Å². The van der Waals surface area contributed by atoms with E-state index in [9.17, 15) is 9.18 Å². The molecule has 0 radical (unpaired) electrons. The summed E-state index contributed by atoms with van der Waals surface area (Å²) >= 11 is 0. The van der Waals surface area contributed by atoms with Crippen molar-refractivity contribution in [3.63, 3.8) is 0 Å². The molecule has 0 atom stereocenters. The number of rotatable bonds is 3. The van der Waals surface area contributed by atoms with Crippen LogP contribution in [0, 0.1) is 5.82 Å². The fourth-order valence-corrected chi connectivity index (χ4v) is 1.39. The molecular weight excluding hydrogens is 239 g/mol. The molecule has 1 amide bonds. The number of H-pyrrole nitrogens is 1. The summed E-state index contributed by atoms with van der Waals surface area (Å²) in [6.45, 7) is 0. The predicted molar refractivity (Wildman–Crippen MR) is 63.9 cm³/mol. The SMILES string of the molecule is COc1cc(NC(=O)c2cc(N)n[nH]2)ccc1F. The van der Waals surface area contributed by atoms with Crippen LogP contribution in [0.2, 0.25) is 0 Å². The molecule has 94 valence electrons. The lowest BCUT2D eigenvalue weighted by Gasteiger charge is -2.06. The Labute approximate surface area is 102 Å². The van der Waals surface area contributed by atoms with Crippen LogP contribution < -0.4 is 15.8 Å². The minimum absolute atomic E-state index is 0.0527. The van der Waals surface area contributed by atoms with Crippen LogP contribution in [0.5, 0.6) is 5.75 Å². The van der Waals surface area contributed by atoms with Crippen molar-refractivity contribution in [1.82, 2.24) is 10.2 Å². The molecule has 1 heterocycles. The van der Waals surface area contributed by atoms with Crippen LogP contribution in [0.3, 0.4) is 0 Å². The number of aromatic nitrogens is 2. The van der Waals surface area contributed by atoms with E-state index in [0.29, 0.717) is 5.69 Å². The normalized spacial score (nSPS) is 10.1. The van der Waals surface area contributed by atoms with Gasteiger partial charge in [-0.3, -0.25) is 9.89 Å². The molecule has 0 aliphatic rings. The van der Waals surface area contributed by atoms with Gasteiger partial charge in [0.1, 0.15) is 11.5 Å². The van der Waals surface area contributed by atoms with E-state index in [-0.39, 0.29) is 17.3 Å². The van der Waals surface area contributed by atoms with Crippen LogP contribution in [-0.2, 0) is 0 Å². The average molecular weight is 250 g/mol. The molecule has 0 aliphatic heterocycles. The fourth-order valence-electron chi connectivity index (χ4n) is 1.39. The molecule has 2 aromatic rings. The Balaban J connectivity index is 2.16. The lowest BCUT2D eigenvalue weighted by Crippen LogP contribution is -2.12. The highest BCUT2D eigenvalue weighted by atomic mass is 19.1. The quantitative estimate of drug-likeness (QED) is 0.767. The summed E-state index contributed by atoms with van der Waals surface area (Å²) in [5.41, 5.74) is 6.01. The average Bonchev–Trinajstić information content (AvgIpc) is 2.78. The summed E-state index contributed by atoms with van der Waals surface area (Å²) in [5, 5.41) is 8.67. The van der Waals surface area contributed by atoms with Crippen molar-refractivity contribution in [3.8, 4) is 5.75 Å². The second kappa shape index (κ2) is 4.74. The van der Waals surface area contributed by atoms with Gasteiger partial charge in [0, 0.05) is 17.8 Å². The van der Waals surface area contributed by atoms with Crippen LogP contribution >= 0.6 is 0 Å². The molecule has 7 heteroatoms. The summed E-state index contributed by atoms with van der Waals surface area (Å²) in [5.74, 6) is -0.650. The molecule has 6 nitrogen and oxygen atoms in total. The Morgan fingerprint density at radius 1 is 1.50 bits per heavy atom. The molecule has 0 unspecified atom stereocenters. The second-order valence-corrected chi connectivity index (χ2v) is 3.51. The van der Waals surface area contributed by atoms with E-state index in [1.807, 2.05) is 0 Å². The van der Waals surface area contributed by atoms with Crippen molar-refractivity contribution in [1.29, 1.82) is 0 Å². The molecular formula is C11H11FN4O2. The number of hydrogen-bond acceptors (Lipinski definition) is 4. The predicted octanol–water partition coefficient (Wildman–Crippen LogP) is 1.39. The molecule has 0 fully saturated rings. The molecule has 0 spiro atoms. The number of halogens is 1. The van der Waals surface area contributed by atoms with Gasteiger partial charge in [0.25, 0.3) is 5.91 Å². The maximum Gasteiger partial charge on any atom is 0.273 e. The van der Waals surface area contributed by atoms with E-state index in [1.54, 1.807) is 0 Å². The Bertz CT molecular complexity index is 582. The number of methoxy groups -OCH3 is 1. The van der Waals surface area contributed by atoms with E-state index in [0.717, 1.165) is 0 Å². The maximum absolute atomic E-state index is 13.2. The molecule has 2 rings (SSSR count).